The lowest BCUT2D eigenvalue weighted by Crippen LogP contribution is -2.47. The van der Waals surface area contributed by atoms with Gasteiger partial charge < -0.3 is 10.1 Å². The van der Waals surface area contributed by atoms with Crippen LogP contribution in [0.15, 0.2) is 54.6 Å². The van der Waals surface area contributed by atoms with Gasteiger partial charge in [-0.1, -0.05) is 54.6 Å². The van der Waals surface area contributed by atoms with E-state index in [-0.39, 0.29) is 12.1 Å². The van der Waals surface area contributed by atoms with Crippen LogP contribution in [0.3, 0.4) is 0 Å². The standard InChI is InChI=1S/C21H26N2O2/c1-17-8-5-6-11-19(17)14-23-13-7-12-20(15-23)22-21(24)25-16-18-9-3-2-4-10-18/h2-6,8-11,20H,7,12-16H2,1H3,(H,22,24). The van der Waals surface area contributed by atoms with Crippen LogP contribution in [-0.2, 0) is 17.9 Å². The summed E-state index contributed by atoms with van der Waals surface area (Å²) < 4.78 is 5.33. The van der Waals surface area contributed by atoms with Gasteiger partial charge in [-0.05, 0) is 43.0 Å². The van der Waals surface area contributed by atoms with Gasteiger partial charge in [-0.2, -0.15) is 0 Å². The number of ether oxygens (including phenoxy) is 1. The first kappa shape index (κ1) is 17.5. The summed E-state index contributed by atoms with van der Waals surface area (Å²) in [5.41, 5.74) is 3.68. The predicted octanol–water partition coefficient (Wildman–Crippen LogP) is 3.89. The van der Waals surface area contributed by atoms with Gasteiger partial charge >= 0.3 is 6.09 Å². The first-order valence-corrected chi connectivity index (χ1v) is 8.95. The van der Waals surface area contributed by atoms with Crippen molar-refractivity contribution in [3.05, 3.63) is 71.3 Å². The maximum absolute atomic E-state index is 12.1. The number of nitrogens with zero attached hydrogens (tertiary/aromatic N) is 1. The van der Waals surface area contributed by atoms with Crippen molar-refractivity contribution in [2.24, 2.45) is 0 Å². The molecular weight excluding hydrogens is 312 g/mol. The number of hydrogen-bond donors (Lipinski definition) is 1. The highest BCUT2D eigenvalue weighted by Gasteiger charge is 2.22. The number of carbonyl (C=O) groups excluding carboxylic acids is 1. The number of piperidine rings is 1. The molecule has 0 radical (unpaired) electrons. The summed E-state index contributed by atoms with van der Waals surface area (Å²) in [6.07, 6.45) is 1.77. The van der Waals surface area contributed by atoms with Crippen LogP contribution >= 0.6 is 0 Å². The van der Waals surface area contributed by atoms with Gasteiger partial charge in [0.1, 0.15) is 6.61 Å². The molecule has 1 unspecified atom stereocenters. The number of alkyl carbamates (subject to hydrolysis) is 1. The molecule has 1 atom stereocenters. The second-order valence-corrected chi connectivity index (χ2v) is 6.71. The second kappa shape index (κ2) is 8.67. The summed E-state index contributed by atoms with van der Waals surface area (Å²) in [4.78, 5) is 14.5. The molecule has 2 aromatic carbocycles. The van der Waals surface area contributed by atoms with E-state index in [9.17, 15) is 4.79 Å². The molecule has 4 nitrogen and oxygen atoms in total. The second-order valence-electron chi connectivity index (χ2n) is 6.71. The van der Waals surface area contributed by atoms with Crippen molar-refractivity contribution < 1.29 is 9.53 Å². The van der Waals surface area contributed by atoms with E-state index in [2.05, 4.69) is 41.4 Å². The molecule has 1 aliphatic heterocycles. The van der Waals surface area contributed by atoms with E-state index in [1.807, 2.05) is 30.3 Å². The highest BCUT2D eigenvalue weighted by atomic mass is 16.5. The summed E-state index contributed by atoms with van der Waals surface area (Å²) in [6.45, 7) is 5.34. The number of aryl methyl sites for hydroxylation is 1. The van der Waals surface area contributed by atoms with Crippen molar-refractivity contribution in [2.75, 3.05) is 13.1 Å². The number of rotatable bonds is 5. The van der Waals surface area contributed by atoms with Gasteiger partial charge in [-0.15, -0.1) is 0 Å². The van der Waals surface area contributed by atoms with E-state index in [4.69, 9.17) is 4.74 Å². The number of carbonyl (C=O) groups is 1. The third-order valence-corrected chi connectivity index (χ3v) is 4.70. The normalized spacial score (nSPS) is 17.9. The van der Waals surface area contributed by atoms with Crippen LogP contribution in [-0.4, -0.2) is 30.1 Å². The highest BCUT2D eigenvalue weighted by Crippen LogP contribution is 2.16. The minimum absolute atomic E-state index is 0.154. The quantitative estimate of drug-likeness (QED) is 0.899. The van der Waals surface area contributed by atoms with E-state index >= 15 is 0 Å². The fourth-order valence-corrected chi connectivity index (χ4v) is 3.28. The Morgan fingerprint density at radius 2 is 1.92 bits per heavy atom. The van der Waals surface area contributed by atoms with E-state index < -0.39 is 0 Å². The topological polar surface area (TPSA) is 41.6 Å². The van der Waals surface area contributed by atoms with Crippen LogP contribution in [0.4, 0.5) is 4.79 Å². The average molecular weight is 338 g/mol. The van der Waals surface area contributed by atoms with E-state index in [0.29, 0.717) is 6.61 Å². The van der Waals surface area contributed by atoms with Crippen LogP contribution in [0.2, 0.25) is 0 Å². The van der Waals surface area contributed by atoms with Gasteiger partial charge in [0, 0.05) is 19.1 Å². The maximum atomic E-state index is 12.1. The van der Waals surface area contributed by atoms with E-state index in [1.54, 1.807) is 0 Å². The zero-order valence-electron chi connectivity index (χ0n) is 14.8. The molecule has 4 heteroatoms. The van der Waals surface area contributed by atoms with Crippen LogP contribution in [0.5, 0.6) is 0 Å². The predicted molar refractivity (Wildman–Crippen MR) is 99.2 cm³/mol. The number of likely N-dealkylation sites (tertiary alicyclic amines) is 1. The molecule has 3 rings (SSSR count). The Bertz CT molecular complexity index is 687. The molecule has 0 bridgehead atoms. The lowest BCUT2D eigenvalue weighted by molar-refractivity contribution is 0.123. The van der Waals surface area contributed by atoms with Gasteiger partial charge in [0.25, 0.3) is 0 Å². The Hall–Kier alpha value is -2.33. The number of benzene rings is 2. The smallest absolute Gasteiger partial charge is 0.407 e. The molecule has 2 aromatic rings. The van der Waals surface area contributed by atoms with E-state index in [0.717, 1.165) is 38.0 Å². The molecule has 0 aliphatic carbocycles. The van der Waals surface area contributed by atoms with Gasteiger partial charge in [-0.25, -0.2) is 4.79 Å². The summed E-state index contributed by atoms with van der Waals surface area (Å²) >= 11 is 0. The number of nitrogens with one attached hydrogen (secondary N) is 1. The average Bonchev–Trinajstić information content (AvgIpc) is 2.63. The lowest BCUT2D eigenvalue weighted by Gasteiger charge is -2.33. The van der Waals surface area contributed by atoms with Gasteiger partial charge in [0.15, 0.2) is 0 Å². The van der Waals surface area contributed by atoms with Crippen molar-refractivity contribution in [3.63, 3.8) is 0 Å². The Labute approximate surface area is 149 Å². The van der Waals surface area contributed by atoms with Crippen molar-refractivity contribution in [3.8, 4) is 0 Å². The minimum atomic E-state index is -0.327. The number of amides is 1. The zero-order chi connectivity index (χ0) is 17.5. The zero-order valence-corrected chi connectivity index (χ0v) is 14.8. The van der Waals surface area contributed by atoms with Gasteiger partial charge in [-0.3, -0.25) is 4.90 Å². The summed E-state index contributed by atoms with van der Waals surface area (Å²) in [5.74, 6) is 0. The Morgan fingerprint density at radius 1 is 1.16 bits per heavy atom. The number of hydrogen-bond acceptors (Lipinski definition) is 3. The molecule has 25 heavy (non-hydrogen) atoms. The SMILES string of the molecule is Cc1ccccc1CN1CCCC(NC(=O)OCc2ccccc2)C1. The largest absolute Gasteiger partial charge is 0.445 e. The molecule has 1 saturated heterocycles. The molecule has 0 saturated carbocycles. The van der Waals surface area contributed by atoms with Crippen molar-refractivity contribution >= 4 is 6.09 Å². The first-order valence-electron chi connectivity index (χ1n) is 8.95. The Balaban J connectivity index is 1.46. The summed E-state index contributed by atoms with van der Waals surface area (Å²) in [5, 5.41) is 3.02. The molecule has 1 N–H and O–H groups in total. The van der Waals surface area contributed by atoms with Crippen molar-refractivity contribution in [2.45, 2.75) is 39.0 Å². The maximum Gasteiger partial charge on any atom is 0.407 e. The van der Waals surface area contributed by atoms with Crippen LogP contribution < -0.4 is 5.32 Å². The van der Waals surface area contributed by atoms with Crippen LogP contribution in [0, 0.1) is 6.92 Å². The Kier molecular flexibility index (Phi) is 6.07. The molecular formula is C21H26N2O2. The molecule has 0 aromatic heterocycles. The molecule has 1 amide bonds. The fraction of sp³-hybridized carbons (Fsp3) is 0.381. The van der Waals surface area contributed by atoms with Crippen LogP contribution in [0.1, 0.15) is 29.5 Å². The minimum Gasteiger partial charge on any atom is -0.445 e. The molecule has 132 valence electrons. The molecule has 1 fully saturated rings. The third kappa shape index (κ3) is 5.33. The first-order chi connectivity index (χ1) is 12.2. The molecule has 0 spiro atoms. The van der Waals surface area contributed by atoms with Crippen molar-refractivity contribution in [1.29, 1.82) is 0 Å². The fourth-order valence-electron chi connectivity index (χ4n) is 3.28. The van der Waals surface area contributed by atoms with Gasteiger partial charge in [0.2, 0.25) is 0 Å². The van der Waals surface area contributed by atoms with Gasteiger partial charge in [0.05, 0.1) is 0 Å². The third-order valence-electron chi connectivity index (χ3n) is 4.70. The summed E-state index contributed by atoms with van der Waals surface area (Å²) in [7, 11) is 0. The monoisotopic (exact) mass is 338 g/mol. The Morgan fingerprint density at radius 3 is 2.72 bits per heavy atom. The highest BCUT2D eigenvalue weighted by molar-refractivity contribution is 5.67. The molecule has 1 aliphatic rings. The molecule has 1 heterocycles. The van der Waals surface area contributed by atoms with Crippen molar-refractivity contribution in [1.82, 2.24) is 10.2 Å². The van der Waals surface area contributed by atoms with Crippen LogP contribution in [0.25, 0.3) is 0 Å². The lowest BCUT2D eigenvalue weighted by atomic mass is 10.0. The summed E-state index contributed by atoms with van der Waals surface area (Å²) in [6, 6.07) is 18.4. The van der Waals surface area contributed by atoms with E-state index in [1.165, 1.54) is 11.1 Å².